The van der Waals surface area contributed by atoms with E-state index < -0.39 is 0 Å². The largest absolute Gasteiger partial charge is 0.481 e. The van der Waals surface area contributed by atoms with Crippen molar-refractivity contribution >= 4 is 17.3 Å². The third kappa shape index (κ3) is 2.48. The first kappa shape index (κ1) is 13.3. The molecule has 0 spiro atoms. The monoisotopic (exact) mass is 287 g/mol. The Labute approximate surface area is 124 Å². The molecule has 0 bridgehead atoms. The Kier molecular flexibility index (Phi) is 3.35. The minimum Gasteiger partial charge on any atom is -0.481 e. The summed E-state index contributed by atoms with van der Waals surface area (Å²) in [7, 11) is 0. The molecule has 2 aromatic carbocycles. The smallest absolute Gasteiger partial charge is 0.146 e. The highest BCUT2D eigenvalue weighted by molar-refractivity contribution is 6.31. The Morgan fingerprint density at radius 1 is 1.05 bits per heavy atom. The van der Waals surface area contributed by atoms with Crippen molar-refractivity contribution in [3.05, 3.63) is 57.6 Å². The average Bonchev–Trinajstić information content (AvgIpc) is 2.37. The van der Waals surface area contributed by atoms with Crippen molar-refractivity contribution in [2.45, 2.75) is 26.9 Å². The van der Waals surface area contributed by atoms with E-state index in [0.29, 0.717) is 0 Å². The van der Waals surface area contributed by atoms with Crippen molar-refractivity contribution in [2.75, 3.05) is 11.9 Å². The number of hydrogen-bond donors (Lipinski definition) is 1. The van der Waals surface area contributed by atoms with Crippen molar-refractivity contribution in [1.29, 1.82) is 0 Å². The van der Waals surface area contributed by atoms with Crippen molar-refractivity contribution in [1.82, 2.24) is 0 Å². The Balaban J connectivity index is 1.96. The highest BCUT2D eigenvalue weighted by Gasteiger charge is 2.23. The van der Waals surface area contributed by atoms with Gasteiger partial charge in [-0.25, -0.2) is 0 Å². The molecule has 0 amide bonds. The molecule has 0 saturated carbocycles. The Bertz CT molecular complexity index is 646. The molecule has 1 aliphatic heterocycles. The molecule has 0 saturated heterocycles. The molecule has 1 aliphatic rings. The lowest BCUT2D eigenvalue weighted by Gasteiger charge is -2.29. The first-order valence-corrected chi connectivity index (χ1v) is 7.19. The van der Waals surface area contributed by atoms with Crippen LogP contribution in [0.3, 0.4) is 0 Å². The van der Waals surface area contributed by atoms with E-state index in [2.05, 4.69) is 37.4 Å². The van der Waals surface area contributed by atoms with Gasteiger partial charge in [0.1, 0.15) is 11.9 Å². The Hall–Kier alpha value is -1.67. The summed E-state index contributed by atoms with van der Waals surface area (Å²) < 4.78 is 6.19. The predicted octanol–water partition coefficient (Wildman–Crippen LogP) is 4.81. The molecule has 0 radical (unpaired) electrons. The number of fused-ring (bicyclic) bond motifs is 1. The van der Waals surface area contributed by atoms with Crippen LogP contribution in [0.25, 0.3) is 0 Å². The van der Waals surface area contributed by atoms with Crippen molar-refractivity contribution < 1.29 is 4.74 Å². The zero-order valence-corrected chi connectivity index (χ0v) is 12.7. The standard InChI is InChI=1S/C17H18ClNO/c1-10-4-11(2)6-13(5-10)16-9-19-15-8-14(18)7-12(3)17(15)20-16/h4-8,16,19H,9H2,1-3H3. The summed E-state index contributed by atoms with van der Waals surface area (Å²) in [6.07, 6.45) is 0.0426. The number of anilines is 1. The number of benzene rings is 2. The van der Waals surface area contributed by atoms with Gasteiger partial charge in [-0.05, 0) is 44.0 Å². The molecule has 2 nitrogen and oxygen atoms in total. The summed E-state index contributed by atoms with van der Waals surface area (Å²) in [5.41, 5.74) is 5.80. The minimum atomic E-state index is 0.0426. The molecule has 2 aromatic rings. The van der Waals surface area contributed by atoms with E-state index in [0.717, 1.165) is 28.6 Å². The lowest BCUT2D eigenvalue weighted by atomic mass is 10.0. The second kappa shape index (κ2) is 5.02. The molecule has 1 unspecified atom stereocenters. The van der Waals surface area contributed by atoms with Gasteiger partial charge in [0.25, 0.3) is 0 Å². The molecule has 0 fully saturated rings. The molecule has 1 atom stereocenters. The SMILES string of the molecule is Cc1cc(C)cc(C2CNc3cc(Cl)cc(C)c3O2)c1. The van der Waals surface area contributed by atoms with E-state index in [4.69, 9.17) is 16.3 Å². The zero-order chi connectivity index (χ0) is 14.3. The summed E-state index contributed by atoms with van der Waals surface area (Å²) in [4.78, 5) is 0. The fourth-order valence-electron chi connectivity index (χ4n) is 2.79. The summed E-state index contributed by atoms with van der Waals surface area (Å²) in [5.74, 6) is 0.907. The molecular formula is C17H18ClNO. The van der Waals surface area contributed by atoms with Gasteiger partial charge in [-0.15, -0.1) is 0 Å². The van der Waals surface area contributed by atoms with Crippen LogP contribution in [0.1, 0.15) is 28.4 Å². The average molecular weight is 288 g/mol. The zero-order valence-electron chi connectivity index (χ0n) is 12.0. The molecule has 0 aliphatic carbocycles. The number of halogens is 1. The van der Waals surface area contributed by atoms with Gasteiger partial charge in [0.15, 0.2) is 0 Å². The van der Waals surface area contributed by atoms with Crippen molar-refractivity contribution in [3.63, 3.8) is 0 Å². The second-order valence-electron chi connectivity index (χ2n) is 5.51. The Morgan fingerprint density at radius 3 is 2.45 bits per heavy atom. The molecule has 1 heterocycles. The van der Waals surface area contributed by atoms with Gasteiger partial charge in [-0.2, -0.15) is 0 Å². The molecular weight excluding hydrogens is 270 g/mol. The Morgan fingerprint density at radius 2 is 1.75 bits per heavy atom. The third-order valence-corrected chi connectivity index (χ3v) is 3.81. The van der Waals surface area contributed by atoms with Crippen LogP contribution in [0.5, 0.6) is 5.75 Å². The molecule has 3 heteroatoms. The molecule has 1 N–H and O–H groups in total. The van der Waals surface area contributed by atoms with E-state index in [1.165, 1.54) is 16.7 Å². The van der Waals surface area contributed by atoms with E-state index >= 15 is 0 Å². The maximum atomic E-state index is 6.19. The first-order chi connectivity index (χ1) is 9.52. The van der Waals surface area contributed by atoms with Crippen LogP contribution < -0.4 is 10.1 Å². The quantitative estimate of drug-likeness (QED) is 0.812. The van der Waals surface area contributed by atoms with Crippen LogP contribution in [0.2, 0.25) is 5.02 Å². The van der Waals surface area contributed by atoms with Gasteiger partial charge >= 0.3 is 0 Å². The maximum absolute atomic E-state index is 6.19. The van der Waals surface area contributed by atoms with E-state index in [9.17, 15) is 0 Å². The van der Waals surface area contributed by atoms with Crippen molar-refractivity contribution in [3.8, 4) is 5.75 Å². The number of nitrogens with one attached hydrogen (secondary N) is 1. The number of hydrogen-bond acceptors (Lipinski definition) is 2. The van der Waals surface area contributed by atoms with Gasteiger partial charge in [0, 0.05) is 5.02 Å². The summed E-state index contributed by atoms with van der Waals surface area (Å²) >= 11 is 6.08. The predicted molar refractivity (Wildman–Crippen MR) is 84.0 cm³/mol. The van der Waals surface area contributed by atoms with Crippen molar-refractivity contribution in [2.24, 2.45) is 0 Å². The number of aryl methyl sites for hydroxylation is 3. The van der Waals surface area contributed by atoms with Gasteiger partial charge in [0.05, 0.1) is 12.2 Å². The van der Waals surface area contributed by atoms with Crippen LogP contribution in [0, 0.1) is 20.8 Å². The maximum Gasteiger partial charge on any atom is 0.146 e. The molecule has 20 heavy (non-hydrogen) atoms. The molecule has 104 valence electrons. The number of rotatable bonds is 1. The van der Waals surface area contributed by atoms with Gasteiger partial charge < -0.3 is 10.1 Å². The van der Waals surface area contributed by atoms with E-state index in [-0.39, 0.29) is 6.10 Å². The third-order valence-electron chi connectivity index (χ3n) is 3.59. The van der Waals surface area contributed by atoms with Gasteiger partial charge in [-0.3, -0.25) is 0 Å². The normalized spacial score (nSPS) is 17.1. The first-order valence-electron chi connectivity index (χ1n) is 6.82. The number of ether oxygens (including phenoxy) is 1. The highest BCUT2D eigenvalue weighted by atomic mass is 35.5. The van der Waals surface area contributed by atoms with Crippen LogP contribution in [0.15, 0.2) is 30.3 Å². The van der Waals surface area contributed by atoms with E-state index in [1.807, 2.05) is 19.1 Å². The summed E-state index contributed by atoms with van der Waals surface area (Å²) in [6.45, 7) is 7.02. The lowest BCUT2D eigenvalue weighted by molar-refractivity contribution is 0.209. The van der Waals surface area contributed by atoms with Crippen LogP contribution in [0.4, 0.5) is 5.69 Å². The summed E-state index contributed by atoms with van der Waals surface area (Å²) in [5, 5.41) is 4.16. The minimum absolute atomic E-state index is 0.0426. The fraction of sp³-hybridized carbons (Fsp3) is 0.294. The lowest BCUT2D eigenvalue weighted by Crippen LogP contribution is -2.24. The highest BCUT2D eigenvalue weighted by Crippen LogP contribution is 2.39. The summed E-state index contributed by atoms with van der Waals surface area (Å²) in [6, 6.07) is 10.4. The van der Waals surface area contributed by atoms with Crippen LogP contribution >= 0.6 is 11.6 Å². The topological polar surface area (TPSA) is 21.3 Å². The second-order valence-corrected chi connectivity index (χ2v) is 5.94. The van der Waals surface area contributed by atoms with Gasteiger partial charge in [0.2, 0.25) is 0 Å². The molecule has 0 aromatic heterocycles. The van der Waals surface area contributed by atoms with Crippen LogP contribution in [-0.2, 0) is 0 Å². The fourth-order valence-corrected chi connectivity index (χ4v) is 3.06. The molecule has 3 rings (SSSR count). The van der Waals surface area contributed by atoms with E-state index in [1.54, 1.807) is 0 Å². The van der Waals surface area contributed by atoms with Crippen LogP contribution in [-0.4, -0.2) is 6.54 Å². The van der Waals surface area contributed by atoms with Gasteiger partial charge in [-0.1, -0.05) is 40.9 Å².